The Morgan fingerprint density at radius 3 is 2.75 bits per heavy atom. The van der Waals surface area contributed by atoms with Gasteiger partial charge in [0.2, 0.25) is 0 Å². The van der Waals surface area contributed by atoms with E-state index in [1.165, 1.54) is 23.5 Å². The molecule has 106 valence electrons. The van der Waals surface area contributed by atoms with Crippen molar-refractivity contribution in [3.63, 3.8) is 0 Å². The van der Waals surface area contributed by atoms with Crippen LogP contribution in [0.15, 0.2) is 29.6 Å². The number of aldehydes is 1. The third-order valence-corrected chi connectivity index (χ3v) is 4.76. The Morgan fingerprint density at radius 2 is 2.05 bits per heavy atom. The molecule has 20 heavy (non-hydrogen) atoms. The van der Waals surface area contributed by atoms with Crippen molar-refractivity contribution < 1.29 is 4.79 Å². The van der Waals surface area contributed by atoms with Crippen molar-refractivity contribution in [1.82, 2.24) is 4.48 Å². The standard InChI is InChI=1S/C17H23N2O/c1-17(2)8-7-16-14(10-17)18-13-9-12(11-20)5-6-15(13)19(16,3)4/h5-6,9,11,18H,7-8,10H2,1-4H3/q+1. The van der Waals surface area contributed by atoms with Gasteiger partial charge in [0, 0.05) is 18.1 Å². The molecule has 0 saturated heterocycles. The molecule has 0 unspecified atom stereocenters. The van der Waals surface area contributed by atoms with E-state index in [-0.39, 0.29) is 0 Å². The van der Waals surface area contributed by atoms with Crippen molar-refractivity contribution in [3.8, 4) is 0 Å². The van der Waals surface area contributed by atoms with Gasteiger partial charge in [-0.2, -0.15) is 0 Å². The summed E-state index contributed by atoms with van der Waals surface area (Å²) in [6.45, 7) is 4.66. The molecule has 0 fully saturated rings. The average Bonchev–Trinajstić information content (AvgIpc) is 2.36. The van der Waals surface area contributed by atoms with Crippen LogP contribution in [-0.4, -0.2) is 20.4 Å². The third kappa shape index (κ3) is 1.97. The highest BCUT2D eigenvalue weighted by molar-refractivity contribution is 5.83. The van der Waals surface area contributed by atoms with Crippen molar-refractivity contribution in [3.05, 3.63) is 35.2 Å². The number of fused-ring (bicyclic) bond motifs is 1. The van der Waals surface area contributed by atoms with Crippen LogP contribution in [0.3, 0.4) is 0 Å². The molecule has 1 aliphatic heterocycles. The minimum atomic E-state index is 0.353. The quantitative estimate of drug-likeness (QED) is 0.619. The van der Waals surface area contributed by atoms with Crippen molar-refractivity contribution in [1.29, 1.82) is 0 Å². The second-order valence-corrected chi connectivity index (χ2v) is 7.24. The largest absolute Gasteiger partial charge is 0.349 e. The first-order valence-electron chi connectivity index (χ1n) is 7.27. The molecule has 0 aromatic heterocycles. The number of carbonyl (C=O) groups is 1. The number of hydrogen-bond donors (Lipinski definition) is 1. The van der Waals surface area contributed by atoms with Crippen LogP contribution < -0.4 is 9.80 Å². The molecule has 3 nitrogen and oxygen atoms in total. The molecule has 0 amide bonds. The smallest absolute Gasteiger partial charge is 0.161 e. The zero-order valence-electron chi connectivity index (χ0n) is 12.8. The molecule has 3 rings (SSSR count). The first-order chi connectivity index (χ1) is 9.33. The molecule has 3 heteroatoms. The van der Waals surface area contributed by atoms with Crippen LogP contribution in [-0.2, 0) is 0 Å². The van der Waals surface area contributed by atoms with Crippen LogP contribution in [0.5, 0.6) is 0 Å². The minimum absolute atomic E-state index is 0.353. The predicted octanol–water partition coefficient (Wildman–Crippen LogP) is 3.91. The molecule has 0 atom stereocenters. The van der Waals surface area contributed by atoms with E-state index in [0.717, 1.165) is 34.9 Å². The van der Waals surface area contributed by atoms with Crippen molar-refractivity contribution in [2.24, 2.45) is 5.41 Å². The fraction of sp³-hybridized carbons (Fsp3) is 0.471. The van der Waals surface area contributed by atoms with E-state index in [9.17, 15) is 4.79 Å². The summed E-state index contributed by atoms with van der Waals surface area (Å²) in [5.74, 6) is 0. The lowest BCUT2D eigenvalue weighted by atomic mass is 9.77. The SMILES string of the molecule is CC1(C)CCC2=C(C1)Nc1cc(C=O)ccc1[N+]2(C)C. The number of quaternary nitrogens is 1. The highest BCUT2D eigenvalue weighted by atomic mass is 16.1. The number of anilines is 1. The van der Waals surface area contributed by atoms with Crippen LogP contribution in [0.2, 0.25) is 0 Å². The van der Waals surface area contributed by atoms with Gasteiger partial charge < -0.3 is 5.32 Å². The molecule has 1 heterocycles. The summed E-state index contributed by atoms with van der Waals surface area (Å²) >= 11 is 0. The van der Waals surface area contributed by atoms with Gasteiger partial charge in [0.15, 0.2) is 5.69 Å². The van der Waals surface area contributed by atoms with Crippen LogP contribution in [0.25, 0.3) is 0 Å². The monoisotopic (exact) mass is 271 g/mol. The first kappa shape index (κ1) is 13.4. The van der Waals surface area contributed by atoms with E-state index in [0.29, 0.717) is 5.41 Å². The van der Waals surface area contributed by atoms with Gasteiger partial charge >= 0.3 is 0 Å². The van der Waals surface area contributed by atoms with E-state index in [1.807, 2.05) is 12.1 Å². The number of nitrogens with one attached hydrogen (secondary N) is 1. The summed E-state index contributed by atoms with van der Waals surface area (Å²) in [5.41, 5.74) is 6.24. The fourth-order valence-electron chi connectivity index (χ4n) is 3.53. The zero-order valence-corrected chi connectivity index (χ0v) is 12.8. The lowest BCUT2D eigenvalue weighted by Crippen LogP contribution is -2.46. The van der Waals surface area contributed by atoms with Gasteiger partial charge in [-0.05, 0) is 30.4 Å². The number of nitrogens with zero attached hydrogens (tertiary/aromatic N) is 1. The number of hydrogen-bond acceptors (Lipinski definition) is 2. The Kier molecular flexibility index (Phi) is 2.80. The first-order valence-corrected chi connectivity index (χ1v) is 7.27. The lowest BCUT2D eigenvalue weighted by Gasteiger charge is -2.43. The maximum atomic E-state index is 11.0. The second kappa shape index (κ2) is 4.19. The van der Waals surface area contributed by atoms with Gasteiger partial charge in [-0.25, -0.2) is 0 Å². The van der Waals surface area contributed by atoms with Gasteiger partial charge in [-0.15, -0.1) is 0 Å². The Hall–Kier alpha value is -1.61. The Morgan fingerprint density at radius 1 is 1.30 bits per heavy atom. The molecule has 0 radical (unpaired) electrons. The molecule has 1 aromatic carbocycles. The van der Waals surface area contributed by atoms with E-state index >= 15 is 0 Å². The summed E-state index contributed by atoms with van der Waals surface area (Å²) in [4.78, 5) is 11.0. The van der Waals surface area contributed by atoms with Crippen LogP contribution in [0, 0.1) is 5.41 Å². The second-order valence-electron chi connectivity index (χ2n) is 7.24. The van der Waals surface area contributed by atoms with E-state index in [4.69, 9.17) is 0 Å². The number of benzene rings is 1. The number of carbonyl (C=O) groups excluding carboxylic acids is 1. The van der Waals surface area contributed by atoms with Gasteiger partial charge in [0.1, 0.15) is 17.7 Å². The zero-order chi connectivity index (χ0) is 14.5. The van der Waals surface area contributed by atoms with Crippen molar-refractivity contribution >= 4 is 17.7 Å². The Balaban J connectivity index is 2.10. The molecule has 0 bridgehead atoms. The topological polar surface area (TPSA) is 29.1 Å². The maximum absolute atomic E-state index is 11.0. The Labute approximate surface area is 120 Å². The summed E-state index contributed by atoms with van der Waals surface area (Å²) in [7, 11) is 4.49. The van der Waals surface area contributed by atoms with Crippen LogP contribution in [0.4, 0.5) is 11.4 Å². The molecule has 1 N–H and O–H groups in total. The highest BCUT2D eigenvalue weighted by Crippen LogP contribution is 2.48. The van der Waals surface area contributed by atoms with Gasteiger partial charge in [0.25, 0.3) is 0 Å². The number of allylic oxidation sites excluding steroid dienone is 2. The summed E-state index contributed by atoms with van der Waals surface area (Å²) < 4.78 is 0.798. The highest BCUT2D eigenvalue weighted by Gasteiger charge is 2.40. The Bertz CT molecular complexity index is 611. The van der Waals surface area contributed by atoms with E-state index < -0.39 is 0 Å². The molecule has 1 aromatic rings. The van der Waals surface area contributed by atoms with Gasteiger partial charge in [0.05, 0.1) is 19.8 Å². The average molecular weight is 271 g/mol. The third-order valence-electron chi connectivity index (χ3n) is 4.76. The van der Waals surface area contributed by atoms with Gasteiger partial charge in [-0.3, -0.25) is 9.28 Å². The van der Waals surface area contributed by atoms with Crippen LogP contribution >= 0.6 is 0 Å². The van der Waals surface area contributed by atoms with E-state index in [2.05, 4.69) is 39.3 Å². The minimum Gasteiger partial charge on any atom is -0.349 e. The van der Waals surface area contributed by atoms with Crippen molar-refractivity contribution in [2.75, 3.05) is 19.4 Å². The molecular formula is C17H23N2O+. The maximum Gasteiger partial charge on any atom is 0.161 e. The predicted molar refractivity (Wildman–Crippen MR) is 83.8 cm³/mol. The summed E-state index contributed by atoms with van der Waals surface area (Å²) in [5, 5.41) is 3.59. The summed E-state index contributed by atoms with van der Waals surface area (Å²) in [6, 6.07) is 5.95. The molecule has 0 spiro atoms. The number of rotatable bonds is 1. The summed E-state index contributed by atoms with van der Waals surface area (Å²) in [6.07, 6.45) is 4.36. The van der Waals surface area contributed by atoms with E-state index in [1.54, 1.807) is 0 Å². The molecule has 1 aliphatic carbocycles. The fourth-order valence-corrected chi connectivity index (χ4v) is 3.53. The molecular weight excluding hydrogens is 248 g/mol. The normalized spacial score (nSPS) is 22.6. The van der Waals surface area contributed by atoms with Gasteiger partial charge in [-0.1, -0.05) is 13.8 Å². The molecule has 0 saturated carbocycles. The lowest BCUT2D eigenvalue weighted by molar-refractivity contribution is 0.112. The van der Waals surface area contributed by atoms with Crippen molar-refractivity contribution in [2.45, 2.75) is 33.1 Å². The van der Waals surface area contributed by atoms with Crippen LogP contribution in [0.1, 0.15) is 43.5 Å². The molecule has 2 aliphatic rings.